The van der Waals surface area contributed by atoms with Gasteiger partial charge in [0, 0.05) is 12.0 Å². The maximum Gasteiger partial charge on any atom is 0.247 e. The first kappa shape index (κ1) is 16.8. The van der Waals surface area contributed by atoms with Crippen LogP contribution in [-0.4, -0.2) is 42.5 Å². The Bertz CT molecular complexity index is 800. The van der Waals surface area contributed by atoms with E-state index in [0.29, 0.717) is 24.5 Å². The van der Waals surface area contributed by atoms with Crippen molar-refractivity contribution in [3.63, 3.8) is 0 Å². The van der Waals surface area contributed by atoms with Crippen LogP contribution in [0.5, 0.6) is 17.2 Å². The highest BCUT2D eigenvalue weighted by molar-refractivity contribution is 6.03. The normalized spacial score (nSPS) is 13.5. The first-order chi connectivity index (χ1) is 12.1. The number of aromatic hydroxyl groups is 1. The van der Waals surface area contributed by atoms with Gasteiger partial charge in [-0.05, 0) is 35.9 Å². The second kappa shape index (κ2) is 7.25. The lowest BCUT2D eigenvalue weighted by atomic mass is 10.1. The molecule has 1 N–H and O–H groups in total. The van der Waals surface area contributed by atoms with Crippen molar-refractivity contribution in [1.29, 1.82) is 0 Å². The molecule has 0 aromatic heterocycles. The van der Waals surface area contributed by atoms with Gasteiger partial charge in [-0.3, -0.25) is 4.79 Å². The maximum absolute atomic E-state index is 12.4. The van der Waals surface area contributed by atoms with Crippen molar-refractivity contribution in [2.75, 3.05) is 20.8 Å². The molecule has 0 aliphatic carbocycles. The number of ether oxygens (including phenoxy) is 2. The fraction of sp³-hybridized carbons (Fsp3) is 0.263. The Morgan fingerprint density at radius 1 is 1.12 bits per heavy atom. The highest BCUT2D eigenvalue weighted by atomic mass is 16.5. The van der Waals surface area contributed by atoms with Crippen molar-refractivity contribution in [2.45, 2.75) is 12.8 Å². The number of amides is 1. The Morgan fingerprint density at radius 3 is 2.52 bits per heavy atom. The quantitative estimate of drug-likeness (QED) is 0.908. The number of nitrogens with zero attached hydrogens (tertiary/aromatic N) is 2. The van der Waals surface area contributed by atoms with Crippen LogP contribution < -0.4 is 9.47 Å². The fourth-order valence-electron chi connectivity index (χ4n) is 2.74. The number of rotatable bonds is 5. The van der Waals surface area contributed by atoms with Gasteiger partial charge >= 0.3 is 0 Å². The minimum atomic E-state index is -0.0684. The lowest BCUT2D eigenvalue weighted by molar-refractivity contribution is -0.130. The Hall–Kier alpha value is -3.02. The lowest BCUT2D eigenvalue weighted by Gasteiger charge is -2.11. The molecule has 130 valence electrons. The number of hydrogen-bond acceptors (Lipinski definition) is 5. The van der Waals surface area contributed by atoms with Crippen molar-refractivity contribution >= 4 is 11.6 Å². The smallest absolute Gasteiger partial charge is 0.247 e. The maximum atomic E-state index is 12.4. The molecule has 2 aromatic carbocycles. The van der Waals surface area contributed by atoms with Gasteiger partial charge < -0.3 is 14.6 Å². The second-order valence-corrected chi connectivity index (χ2v) is 5.73. The van der Waals surface area contributed by atoms with E-state index in [2.05, 4.69) is 5.10 Å². The summed E-state index contributed by atoms with van der Waals surface area (Å²) in [4.78, 5) is 12.4. The summed E-state index contributed by atoms with van der Waals surface area (Å²) in [5.41, 5.74) is 2.61. The van der Waals surface area contributed by atoms with Crippen LogP contribution in [0, 0.1) is 0 Å². The Balaban J connectivity index is 1.73. The molecule has 1 amide bonds. The number of phenolic OH excluding ortho intramolecular Hbond substituents is 1. The molecule has 1 aliphatic rings. The van der Waals surface area contributed by atoms with Gasteiger partial charge in [0.2, 0.25) is 5.91 Å². The van der Waals surface area contributed by atoms with Gasteiger partial charge in [-0.25, -0.2) is 5.01 Å². The van der Waals surface area contributed by atoms with Gasteiger partial charge in [-0.15, -0.1) is 0 Å². The Kier molecular flexibility index (Phi) is 4.88. The molecular formula is C19H20N2O4. The molecule has 0 fully saturated rings. The molecule has 0 saturated heterocycles. The topological polar surface area (TPSA) is 71.4 Å². The zero-order valence-electron chi connectivity index (χ0n) is 14.2. The minimum Gasteiger partial charge on any atom is -0.508 e. The molecule has 0 spiro atoms. The summed E-state index contributed by atoms with van der Waals surface area (Å²) in [5, 5.41) is 15.3. The molecule has 6 nitrogen and oxygen atoms in total. The molecule has 25 heavy (non-hydrogen) atoms. The third-order valence-corrected chi connectivity index (χ3v) is 4.10. The van der Waals surface area contributed by atoms with E-state index in [1.165, 1.54) is 5.01 Å². The van der Waals surface area contributed by atoms with Gasteiger partial charge in [0.05, 0.1) is 32.9 Å². The Labute approximate surface area is 146 Å². The van der Waals surface area contributed by atoms with Crippen LogP contribution in [0.2, 0.25) is 0 Å². The van der Waals surface area contributed by atoms with E-state index in [1.807, 2.05) is 18.2 Å². The van der Waals surface area contributed by atoms with Crippen LogP contribution in [0.4, 0.5) is 0 Å². The molecule has 0 saturated carbocycles. The molecule has 3 rings (SSSR count). The van der Waals surface area contributed by atoms with Crippen molar-refractivity contribution in [1.82, 2.24) is 5.01 Å². The number of carbonyl (C=O) groups excluding carboxylic acids is 1. The summed E-state index contributed by atoms with van der Waals surface area (Å²) in [6.45, 7) is 0.556. The van der Waals surface area contributed by atoms with Gasteiger partial charge in [0.25, 0.3) is 0 Å². The highest BCUT2D eigenvalue weighted by Gasteiger charge is 2.22. The third-order valence-electron chi connectivity index (χ3n) is 4.10. The molecule has 1 aliphatic heterocycles. The summed E-state index contributed by atoms with van der Waals surface area (Å²) in [6, 6.07) is 12.2. The molecule has 6 heteroatoms. The monoisotopic (exact) mass is 340 g/mol. The van der Waals surface area contributed by atoms with E-state index >= 15 is 0 Å². The molecule has 1 heterocycles. The second-order valence-electron chi connectivity index (χ2n) is 5.73. The average molecular weight is 340 g/mol. The fourth-order valence-corrected chi connectivity index (χ4v) is 2.74. The molecule has 2 aromatic rings. The standard InChI is InChI=1S/C19H20N2O4/c1-24-17-8-5-14(12-18(17)25-2)16-9-10-21(20-16)19(23)11-13-3-6-15(22)7-4-13/h3-8,12,22H,9-11H2,1-2H3. The number of hydrogen-bond donors (Lipinski definition) is 1. The number of benzene rings is 2. The molecule has 0 atom stereocenters. The van der Waals surface area contributed by atoms with Crippen molar-refractivity contribution in [3.8, 4) is 17.2 Å². The number of methoxy groups -OCH3 is 2. The first-order valence-electron chi connectivity index (χ1n) is 7.99. The summed E-state index contributed by atoms with van der Waals surface area (Å²) in [5.74, 6) is 1.41. The predicted octanol–water partition coefficient (Wildman–Crippen LogP) is 2.59. The highest BCUT2D eigenvalue weighted by Crippen LogP contribution is 2.29. The molecular weight excluding hydrogens is 320 g/mol. The van der Waals surface area contributed by atoms with Gasteiger partial charge in [0.1, 0.15) is 5.75 Å². The average Bonchev–Trinajstić information content (AvgIpc) is 3.13. The van der Waals surface area contributed by atoms with Gasteiger partial charge in [0.15, 0.2) is 11.5 Å². The van der Waals surface area contributed by atoms with Crippen LogP contribution in [0.1, 0.15) is 17.5 Å². The molecule has 0 unspecified atom stereocenters. The van der Waals surface area contributed by atoms with Crippen molar-refractivity contribution in [3.05, 3.63) is 53.6 Å². The van der Waals surface area contributed by atoms with E-state index < -0.39 is 0 Å². The SMILES string of the molecule is COc1ccc(C2=NN(C(=O)Cc3ccc(O)cc3)CC2)cc1OC. The number of phenols is 1. The molecule has 0 bridgehead atoms. The van der Waals surface area contributed by atoms with E-state index in [0.717, 1.165) is 16.8 Å². The predicted molar refractivity (Wildman–Crippen MR) is 94.2 cm³/mol. The third kappa shape index (κ3) is 3.74. The van der Waals surface area contributed by atoms with Gasteiger partial charge in [-0.2, -0.15) is 5.10 Å². The zero-order valence-corrected chi connectivity index (χ0v) is 14.2. The summed E-state index contributed by atoms with van der Waals surface area (Å²) >= 11 is 0. The largest absolute Gasteiger partial charge is 0.508 e. The molecule has 0 radical (unpaired) electrons. The van der Waals surface area contributed by atoms with Gasteiger partial charge in [-0.1, -0.05) is 12.1 Å². The number of hydrazone groups is 1. The minimum absolute atomic E-state index is 0.0684. The van der Waals surface area contributed by atoms with Crippen LogP contribution >= 0.6 is 0 Å². The zero-order chi connectivity index (χ0) is 17.8. The van der Waals surface area contributed by atoms with Crippen LogP contribution in [-0.2, 0) is 11.2 Å². The van der Waals surface area contributed by atoms with Crippen LogP contribution in [0.15, 0.2) is 47.6 Å². The summed E-state index contributed by atoms with van der Waals surface area (Å²) < 4.78 is 10.6. The summed E-state index contributed by atoms with van der Waals surface area (Å²) in [7, 11) is 3.18. The van der Waals surface area contributed by atoms with Crippen molar-refractivity contribution < 1.29 is 19.4 Å². The van der Waals surface area contributed by atoms with E-state index in [9.17, 15) is 9.90 Å². The lowest BCUT2D eigenvalue weighted by Crippen LogP contribution is -2.25. The Morgan fingerprint density at radius 2 is 1.84 bits per heavy atom. The van der Waals surface area contributed by atoms with E-state index in [-0.39, 0.29) is 18.1 Å². The summed E-state index contributed by atoms with van der Waals surface area (Å²) in [6.07, 6.45) is 0.944. The number of carbonyl (C=O) groups is 1. The van der Waals surface area contributed by atoms with E-state index in [4.69, 9.17) is 9.47 Å². The van der Waals surface area contributed by atoms with Crippen LogP contribution in [0.25, 0.3) is 0 Å². The van der Waals surface area contributed by atoms with E-state index in [1.54, 1.807) is 38.5 Å². The van der Waals surface area contributed by atoms with Crippen molar-refractivity contribution in [2.24, 2.45) is 5.10 Å². The van der Waals surface area contributed by atoms with Crippen LogP contribution in [0.3, 0.4) is 0 Å². The first-order valence-corrected chi connectivity index (χ1v) is 7.99.